The van der Waals surface area contributed by atoms with Gasteiger partial charge in [-0.05, 0) is 85.9 Å². The molecule has 0 spiro atoms. The van der Waals surface area contributed by atoms with Crippen LogP contribution in [-0.4, -0.2) is 44.3 Å². The molecule has 3 amide bonds. The number of hydrogen-bond donors (Lipinski definition) is 3. The van der Waals surface area contributed by atoms with Gasteiger partial charge in [-0.15, -0.1) is 0 Å². The van der Waals surface area contributed by atoms with Crippen molar-refractivity contribution in [3.63, 3.8) is 0 Å². The van der Waals surface area contributed by atoms with E-state index < -0.39 is 0 Å². The Morgan fingerprint density at radius 3 is 2.35 bits per heavy atom. The molecule has 3 N–H and O–H groups in total. The molecule has 7 nitrogen and oxygen atoms in total. The van der Waals surface area contributed by atoms with E-state index in [1.807, 2.05) is 36.4 Å². The third-order valence-corrected chi connectivity index (χ3v) is 7.93. The van der Waals surface area contributed by atoms with Crippen molar-refractivity contribution in [2.45, 2.75) is 51.6 Å². The zero-order chi connectivity index (χ0) is 27.7. The number of piperidine rings is 1. The van der Waals surface area contributed by atoms with Gasteiger partial charge in [0.05, 0.1) is 11.7 Å². The molecule has 3 aromatic rings. The lowest BCUT2D eigenvalue weighted by Crippen LogP contribution is -2.37. The molecule has 2 heterocycles. The molecule has 40 heavy (non-hydrogen) atoms. The van der Waals surface area contributed by atoms with E-state index in [2.05, 4.69) is 58.1 Å². The maximum Gasteiger partial charge on any atom is 0.323 e. The molecule has 0 aromatic heterocycles. The predicted octanol–water partition coefficient (Wildman–Crippen LogP) is 6.26. The van der Waals surface area contributed by atoms with E-state index >= 15 is 0 Å². The van der Waals surface area contributed by atoms with Gasteiger partial charge in [0.1, 0.15) is 0 Å². The average Bonchev–Trinajstić information content (AvgIpc) is 3.51. The molecule has 2 saturated heterocycles. The number of carbonyl (C=O) groups excluding carboxylic acids is 2. The molecule has 0 radical (unpaired) electrons. The largest absolute Gasteiger partial charge is 0.376 e. The van der Waals surface area contributed by atoms with Crippen LogP contribution in [-0.2, 0) is 17.6 Å². The highest BCUT2D eigenvalue weighted by atomic mass is 16.5. The van der Waals surface area contributed by atoms with E-state index in [1.54, 1.807) is 6.07 Å². The van der Waals surface area contributed by atoms with Crippen molar-refractivity contribution < 1.29 is 14.3 Å². The summed E-state index contributed by atoms with van der Waals surface area (Å²) in [5, 5.41) is 8.89. The fourth-order valence-corrected chi connectivity index (χ4v) is 5.67. The van der Waals surface area contributed by atoms with Crippen LogP contribution in [0, 0.1) is 5.92 Å². The minimum Gasteiger partial charge on any atom is -0.376 e. The Labute approximate surface area is 237 Å². The summed E-state index contributed by atoms with van der Waals surface area (Å²) >= 11 is 0. The topological polar surface area (TPSA) is 82.7 Å². The fourth-order valence-electron chi connectivity index (χ4n) is 5.67. The molecule has 1 atom stereocenters. The quantitative estimate of drug-likeness (QED) is 0.299. The molecule has 3 aromatic carbocycles. The molecule has 2 fully saturated rings. The highest BCUT2D eigenvalue weighted by molar-refractivity contribution is 6.04. The molecule has 0 saturated carbocycles. The lowest BCUT2D eigenvalue weighted by atomic mass is 9.89. The number of anilines is 3. The Morgan fingerprint density at radius 1 is 0.875 bits per heavy atom. The van der Waals surface area contributed by atoms with Crippen molar-refractivity contribution in [3.8, 4) is 0 Å². The van der Waals surface area contributed by atoms with E-state index in [0.717, 1.165) is 75.2 Å². The summed E-state index contributed by atoms with van der Waals surface area (Å²) in [4.78, 5) is 28.5. The standard InChI is InChI=1S/C33H40N4O3/c1-2-24-10-6-11-27(21-24)35-33(39)36-28-13-14-31(30(22-28)32(38)34-23-29-12-7-19-40-29)37-17-15-26(16-18-37)20-25-8-4-3-5-9-25/h3-6,8-11,13-14,21-22,26,29H,2,7,12,15-20,23H2,1H3,(H,34,38)(H2,35,36,39)/t29-/m1/s1. The van der Waals surface area contributed by atoms with Crippen molar-refractivity contribution in [2.24, 2.45) is 5.92 Å². The predicted molar refractivity (Wildman–Crippen MR) is 161 cm³/mol. The van der Waals surface area contributed by atoms with Gasteiger partial charge in [-0.25, -0.2) is 4.79 Å². The van der Waals surface area contributed by atoms with E-state index in [-0.39, 0.29) is 18.0 Å². The van der Waals surface area contributed by atoms with Crippen LogP contribution in [0.2, 0.25) is 0 Å². The summed E-state index contributed by atoms with van der Waals surface area (Å²) in [7, 11) is 0. The van der Waals surface area contributed by atoms with Gasteiger partial charge in [-0.1, -0.05) is 49.4 Å². The van der Waals surface area contributed by atoms with Gasteiger partial charge < -0.3 is 25.6 Å². The molecule has 0 bridgehead atoms. The van der Waals surface area contributed by atoms with Gasteiger partial charge >= 0.3 is 6.03 Å². The zero-order valence-electron chi connectivity index (χ0n) is 23.3. The van der Waals surface area contributed by atoms with Crippen LogP contribution in [0.25, 0.3) is 0 Å². The third kappa shape index (κ3) is 7.42. The molecular formula is C33H40N4O3. The van der Waals surface area contributed by atoms with Gasteiger partial charge in [0.2, 0.25) is 0 Å². The SMILES string of the molecule is CCc1cccc(NC(=O)Nc2ccc(N3CCC(Cc4ccccc4)CC3)c(C(=O)NC[C@H]3CCCO3)c2)c1. The second-order valence-electron chi connectivity index (χ2n) is 10.8. The van der Waals surface area contributed by atoms with Crippen molar-refractivity contribution >= 4 is 29.0 Å². The number of amides is 3. The molecular weight excluding hydrogens is 500 g/mol. The molecule has 2 aliphatic heterocycles. The molecule has 0 aliphatic carbocycles. The lowest BCUT2D eigenvalue weighted by Gasteiger charge is -2.35. The van der Waals surface area contributed by atoms with Crippen LogP contribution >= 0.6 is 0 Å². The summed E-state index contributed by atoms with van der Waals surface area (Å²) in [6.07, 6.45) is 6.18. The van der Waals surface area contributed by atoms with Crippen molar-refractivity contribution in [1.29, 1.82) is 0 Å². The zero-order valence-corrected chi connectivity index (χ0v) is 23.3. The molecule has 2 aliphatic rings. The first-order chi connectivity index (χ1) is 19.6. The second-order valence-corrected chi connectivity index (χ2v) is 10.8. The Bertz CT molecular complexity index is 1280. The maximum atomic E-state index is 13.4. The highest BCUT2D eigenvalue weighted by Gasteiger charge is 2.25. The van der Waals surface area contributed by atoms with Crippen LogP contribution in [0.1, 0.15) is 54.1 Å². The number of nitrogens with zero attached hydrogens (tertiary/aromatic N) is 1. The summed E-state index contributed by atoms with van der Waals surface area (Å²) in [6.45, 7) is 5.11. The summed E-state index contributed by atoms with van der Waals surface area (Å²) < 4.78 is 5.71. The third-order valence-electron chi connectivity index (χ3n) is 7.93. The van der Waals surface area contributed by atoms with Gasteiger partial charge in [0.15, 0.2) is 0 Å². The van der Waals surface area contributed by atoms with E-state index in [9.17, 15) is 9.59 Å². The van der Waals surface area contributed by atoms with Gasteiger partial charge in [0.25, 0.3) is 5.91 Å². The molecule has 0 unspecified atom stereocenters. The molecule has 5 rings (SSSR count). The van der Waals surface area contributed by atoms with Crippen molar-refractivity contribution in [3.05, 3.63) is 89.5 Å². The van der Waals surface area contributed by atoms with E-state index in [0.29, 0.717) is 23.7 Å². The number of urea groups is 1. The summed E-state index contributed by atoms with van der Waals surface area (Å²) in [5.41, 5.74) is 5.33. The number of benzene rings is 3. The monoisotopic (exact) mass is 540 g/mol. The normalized spacial score (nSPS) is 17.4. The van der Waals surface area contributed by atoms with Crippen LogP contribution in [0.5, 0.6) is 0 Å². The average molecular weight is 541 g/mol. The first-order valence-electron chi connectivity index (χ1n) is 14.6. The van der Waals surface area contributed by atoms with Crippen LogP contribution < -0.4 is 20.9 Å². The number of aryl methyl sites for hydroxylation is 1. The van der Waals surface area contributed by atoms with Crippen molar-refractivity contribution in [2.75, 3.05) is 41.8 Å². The molecule has 210 valence electrons. The van der Waals surface area contributed by atoms with E-state index in [1.165, 1.54) is 5.56 Å². The summed E-state index contributed by atoms with van der Waals surface area (Å²) in [6, 6.07) is 23.8. The number of hydrogen-bond acceptors (Lipinski definition) is 4. The maximum absolute atomic E-state index is 13.4. The minimum atomic E-state index is -0.339. The number of nitrogens with one attached hydrogen (secondary N) is 3. The highest BCUT2D eigenvalue weighted by Crippen LogP contribution is 2.30. The van der Waals surface area contributed by atoms with Crippen molar-refractivity contribution in [1.82, 2.24) is 5.32 Å². The first-order valence-corrected chi connectivity index (χ1v) is 14.6. The van der Waals surface area contributed by atoms with Crippen LogP contribution in [0.3, 0.4) is 0 Å². The molecule has 7 heteroatoms. The van der Waals surface area contributed by atoms with E-state index in [4.69, 9.17) is 4.74 Å². The van der Waals surface area contributed by atoms with Crippen LogP contribution in [0.15, 0.2) is 72.8 Å². The van der Waals surface area contributed by atoms with Gasteiger partial charge in [0, 0.05) is 43.3 Å². The lowest BCUT2D eigenvalue weighted by molar-refractivity contribution is 0.0858. The minimum absolute atomic E-state index is 0.0621. The first kappa shape index (κ1) is 27.7. The Kier molecular flexibility index (Phi) is 9.34. The van der Waals surface area contributed by atoms with Gasteiger partial charge in [-0.2, -0.15) is 0 Å². The van der Waals surface area contributed by atoms with Gasteiger partial charge in [-0.3, -0.25) is 4.79 Å². The smallest absolute Gasteiger partial charge is 0.323 e. The van der Waals surface area contributed by atoms with Crippen LogP contribution in [0.4, 0.5) is 21.9 Å². The Hall–Kier alpha value is -3.84. The Morgan fingerprint density at radius 2 is 1.62 bits per heavy atom. The Balaban J connectivity index is 1.28. The number of carbonyl (C=O) groups is 2. The number of ether oxygens (including phenoxy) is 1. The second kappa shape index (κ2) is 13.5. The fraction of sp³-hybridized carbons (Fsp3) is 0.394. The number of rotatable bonds is 9. The summed E-state index contributed by atoms with van der Waals surface area (Å²) in [5.74, 6) is 0.489.